The molecule has 0 rings (SSSR count). The third kappa shape index (κ3) is 3.31. The fourth-order valence-electron chi connectivity index (χ4n) is 0.312. The van der Waals surface area contributed by atoms with Crippen LogP contribution in [0.4, 0.5) is 13.2 Å². The molecule has 0 saturated heterocycles. The van der Waals surface area contributed by atoms with Gasteiger partial charge in [-0.1, -0.05) is 0 Å². The zero-order valence-corrected chi connectivity index (χ0v) is 7.57. The minimum Gasteiger partial charge on any atom is -0.297 e. The van der Waals surface area contributed by atoms with Gasteiger partial charge in [0, 0.05) is 0 Å². The summed E-state index contributed by atoms with van der Waals surface area (Å²) in [7, 11) is -5.66. The van der Waals surface area contributed by atoms with Crippen LogP contribution in [-0.2, 0) is 19.1 Å². The van der Waals surface area contributed by atoms with Crippen molar-refractivity contribution in [3.63, 3.8) is 0 Å². The molecule has 0 aliphatic rings. The van der Waals surface area contributed by atoms with Crippen LogP contribution in [0.25, 0.3) is 0 Å². The van der Waals surface area contributed by atoms with Crippen LogP contribution in [-0.4, -0.2) is 25.8 Å². The molecule has 0 bridgehead atoms. The third-order valence-electron chi connectivity index (χ3n) is 1.13. The van der Waals surface area contributed by atoms with Crippen molar-refractivity contribution in [1.82, 2.24) is 0 Å². The zero-order valence-electron chi connectivity index (χ0n) is 6.75. The van der Waals surface area contributed by atoms with Gasteiger partial charge in [0.15, 0.2) is 5.78 Å². The Balaban J connectivity index is 4.64. The van der Waals surface area contributed by atoms with Crippen LogP contribution in [0.2, 0.25) is 0 Å². The maximum Gasteiger partial charge on any atom is 0.523 e. The summed E-state index contributed by atoms with van der Waals surface area (Å²) < 4.78 is 59.0. The number of rotatable bonds is 3. The number of carbonyl (C=O) groups excluding carboxylic acids is 1. The first-order chi connectivity index (χ1) is 5.58. The number of ketones is 1. The second-order valence-electron chi connectivity index (χ2n) is 2.25. The predicted octanol–water partition coefficient (Wildman–Crippen LogP) is 0.830. The van der Waals surface area contributed by atoms with Crippen LogP contribution in [0.5, 0.6) is 0 Å². The van der Waals surface area contributed by atoms with E-state index < -0.39 is 27.5 Å². The van der Waals surface area contributed by atoms with Gasteiger partial charge < -0.3 is 0 Å². The standard InChI is InChI=1S/C5H7F3O4S/c1-3(9)4(2)12-13(10,11)5(6,7)8/h4H,1-2H3/t4-/m1/s1. The highest BCUT2D eigenvalue weighted by Gasteiger charge is 2.48. The molecule has 0 heterocycles. The van der Waals surface area contributed by atoms with E-state index in [0.717, 1.165) is 13.8 Å². The average molecular weight is 220 g/mol. The smallest absolute Gasteiger partial charge is 0.297 e. The lowest BCUT2D eigenvalue weighted by Crippen LogP contribution is -2.31. The van der Waals surface area contributed by atoms with Crippen LogP contribution in [0.1, 0.15) is 13.8 Å². The molecule has 78 valence electrons. The Morgan fingerprint density at radius 2 is 1.77 bits per heavy atom. The van der Waals surface area contributed by atoms with Crippen LogP contribution in [0, 0.1) is 0 Å². The van der Waals surface area contributed by atoms with Gasteiger partial charge in [0.25, 0.3) is 0 Å². The average Bonchev–Trinajstić information content (AvgIpc) is 1.83. The Morgan fingerprint density at radius 1 is 1.38 bits per heavy atom. The molecule has 0 aliphatic heterocycles. The van der Waals surface area contributed by atoms with Crippen molar-refractivity contribution >= 4 is 15.9 Å². The van der Waals surface area contributed by atoms with Crippen LogP contribution < -0.4 is 0 Å². The SMILES string of the molecule is CC(=O)[C@@H](C)OS(=O)(=O)C(F)(F)F. The van der Waals surface area contributed by atoms with E-state index in [9.17, 15) is 26.4 Å². The monoisotopic (exact) mass is 220 g/mol. The molecule has 0 radical (unpaired) electrons. The Morgan fingerprint density at radius 3 is 2.00 bits per heavy atom. The molecule has 0 aliphatic carbocycles. The lowest BCUT2D eigenvalue weighted by molar-refractivity contribution is -0.123. The van der Waals surface area contributed by atoms with Gasteiger partial charge in [-0.05, 0) is 13.8 Å². The Hall–Kier alpha value is -0.630. The normalized spacial score (nSPS) is 15.5. The van der Waals surface area contributed by atoms with Crippen LogP contribution >= 0.6 is 0 Å². The molecule has 0 aromatic rings. The van der Waals surface area contributed by atoms with E-state index in [1.807, 2.05) is 0 Å². The first-order valence-corrected chi connectivity index (χ1v) is 4.49. The van der Waals surface area contributed by atoms with Gasteiger partial charge in [0.1, 0.15) is 6.10 Å². The minimum atomic E-state index is -5.66. The second-order valence-corrected chi connectivity index (χ2v) is 3.81. The Bertz CT molecular complexity index is 291. The molecule has 0 saturated carbocycles. The van der Waals surface area contributed by atoms with Crippen molar-refractivity contribution in [2.24, 2.45) is 0 Å². The molecular weight excluding hydrogens is 213 g/mol. The molecule has 0 fully saturated rings. The van der Waals surface area contributed by atoms with E-state index in [-0.39, 0.29) is 0 Å². The second kappa shape index (κ2) is 3.62. The first-order valence-electron chi connectivity index (χ1n) is 3.08. The fraction of sp³-hybridized carbons (Fsp3) is 0.800. The summed E-state index contributed by atoms with van der Waals surface area (Å²) in [6.07, 6.45) is -1.62. The summed E-state index contributed by atoms with van der Waals surface area (Å²) in [6, 6.07) is 0. The van der Waals surface area contributed by atoms with Crippen molar-refractivity contribution in [2.45, 2.75) is 25.5 Å². The lowest BCUT2D eigenvalue weighted by Gasteiger charge is -2.11. The van der Waals surface area contributed by atoms with Gasteiger partial charge in [0.2, 0.25) is 0 Å². The quantitative estimate of drug-likeness (QED) is 0.522. The molecule has 13 heavy (non-hydrogen) atoms. The van der Waals surface area contributed by atoms with Crippen molar-refractivity contribution in [2.75, 3.05) is 0 Å². The highest BCUT2D eigenvalue weighted by atomic mass is 32.2. The zero-order chi connectivity index (χ0) is 10.9. The number of hydrogen-bond acceptors (Lipinski definition) is 4. The maximum atomic E-state index is 11.6. The van der Waals surface area contributed by atoms with E-state index >= 15 is 0 Å². The van der Waals surface area contributed by atoms with E-state index in [2.05, 4.69) is 4.18 Å². The molecule has 0 unspecified atom stereocenters. The Labute approximate surface area is 72.8 Å². The molecule has 4 nitrogen and oxygen atoms in total. The van der Waals surface area contributed by atoms with Gasteiger partial charge >= 0.3 is 15.6 Å². The highest BCUT2D eigenvalue weighted by molar-refractivity contribution is 7.87. The number of alkyl halides is 3. The van der Waals surface area contributed by atoms with E-state index in [1.54, 1.807) is 0 Å². The summed E-state index contributed by atoms with van der Waals surface area (Å²) in [5.74, 6) is -0.798. The third-order valence-corrected chi connectivity index (χ3v) is 2.24. The number of hydrogen-bond donors (Lipinski definition) is 0. The molecule has 1 atom stereocenters. The van der Waals surface area contributed by atoms with Gasteiger partial charge in [-0.25, -0.2) is 0 Å². The van der Waals surface area contributed by atoms with Crippen LogP contribution in [0.15, 0.2) is 0 Å². The van der Waals surface area contributed by atoms with Gasteiger partial charge in [-0.2, -0.15) is 21.6 Å². The summed E-state index contributed by atoms with van der Waals surface area (Å²) in [5.41, 5.74) is -5.49. The largest absolute Gasteiger partial charge is 0.523 e. The minimum absolute atomic E-state index is 0.798. The van der Waals surface area contributed by atoms with Crippen molar-refractivity contribution < 1.29 is 30.6 Å². The van der Waals surface area contributed by atoms with Crippen LogP contribution in [0.3, 0.4) is 0 Å². The molecule has 0 aromatic heterocycles. The van der Waals surface area contributed by atoms with E-state index in [4.69, 9.17) is 0 Å². The fourth-order valence-corrected chi connectivity index (χ4v) is 0.937. The number of carbonyl (C=O) groups is 1. The maximum absolute atomic E-state index is 11.6. The molecular formula is C5H7F3O4S. The highest BCUT2D eigenvalue weighted by Crippen LogP contribution is 2.25. The molecule has 0 spiro atoms. The van der Waals surface area contributed by atoms with Gasteiger partial charge in [-0.15, -0.1) is 0 Å². The van der Waals surface area contributed by atoms with E-state index in [1.165, 1.54) is 0 Å². The topological polar surface area (TPSA) is 60.4 Å². The molecule has 0 amide bonds. The molecule has 0 aromatic carbocycles. The number of halogens is 3. The number of Topliss-reactive ketones (excluding diaryl/α,β-unsaturated/α-hetero) is 1. The van der Waals surface area contributed by atoms with Gasteiger partial charge in [0.05, 0.1) is 0 Å². The Kier molecular flexibility index (Phi) is 3.45. The predicted molar refractivity (Wildman–Crippen MR) is 36.2 cm³/mol. The van der Waals surface area contributed by atoms with Crippen molar-refractivity contribution in [1.29, 1.82) is 0 Å². The molecule has 0 N–H and O–H groups in total. The summed E-state index contributed by atoms with van der Waals surface area (Å²) in [5, 5.41) is 0. The first kappa shape index (κ1) is 12.4. The summed E-state index contributed by atoms with van der Waals surface area (Å²) in [6.45, 7) is 1.85. The van der Waals surface area contributed by atoms with Gasteiger partial charge in [-0.3, -0.25) is 8.98 Å². The van der Waals surface area contributed by atoms with Crippen molar-refractivity contribution in [3.8, 4) is 0 Å². The summed E-state index contributed by atoms with van der Waals surface area (Å²) in [4.78, 5) is 10.4. The summed E-state index contributed by atoms with van der Waals surface area (Å²) >= 11 is 0. The molecule has 8 heteroatoms. The van der Waals surface area contributed by atoms with E-state index in [0.29, 0.717) is 0 Å². The van der Waals surface area contributed by atoms with Crippen molar-refractivity contribution in [3.05, 3.63) is 0 Å². The lowest BCUT2D eigenvalue weighted by atomic mass is 10.3.